The summed E-state index contributed by atoms with van der Waals surface area (Å²) >= 11 is 0. The van der Waals surface area contributed by atoms with E-state index >= 15 is 0 Å². The lowest BCUT2D eigenvalue weighted by atomic mass is 9.93. The van der Waals surface area contributed by atoms with E-state index in [1.165, 1.54) is 6.08 Å². The lowest BCUT2D eigenvalue weighted by Crippen LogP contribution is -2.63. The number of carbonyl (C=O) groups is 3. The van der Waals surface area contributed by atoms with Gasteiger partial charge in [0.25, 0.3) is 0 Å². The normalized spacial score (nSPS) is 18.9. The number of piperidine rings is 1. The first-order valence-corrected chi connectivity index (χ1v) is 9.36. The van der Waals surface area contributed by atoms with Gasteiger partial charge in [0.1, 0.15) is 5.60 Å². The van der Waals surface area contributed by atoms with E-state index in [4.69, 9.17) is 4.74 Å². The second-order valence-electron chi connectivity index (χ2n) is 7.97. The van der Waals surface area contributed by atoms with Crippen LogP contribution in [-0.2, 0) is 14.3 Å². The molecule has 2 aliphatic rings. The standard InChI is InChI=1S/C19H31N3O4/c1-6-16(23)20-10-8-14(9-11-20)17(24)21-12-15(13-21)22(7-2)18(25)26-19(3,4)5/h6,14-15H,1,7-13H2,2-5H3. The Kier molecular flexibility index (Phi) is 6.31. The highest BCUT2D eigenvalue weighted by Gasteiger charge is 2.40. The summed E-state index contributed by atoms with van der Waals surface area (Å²) in [6, 6.07) is 0.0150. The predicted octanol–water partition coefficient (Wildman–Crippen LogP) is 1.88. The van der Waals surface area contributed by atoms with E-state index in [1.54, 1.807) is 9.80 Å². The Balaban J connectivity index is 1.81. The molecule has 146 valence electrons. The number of hydrogen-bond donors (Lipinski definition) is 0. The van der Waals surface area contributed by atoms with E-state index in [0.29, 0.717) is 45.6 Å². The Hall–Kier alpha value is -2.05. The van der Waals surface area contributed by atoms with E-state index in [2.05, 4.69) is 6.58 Å². The summed E-state index contributed by atoms with van der Waals surface area (Å²) in [6.07, 6.45) is 2.36. The third-order valence-electron chi connectivity index (χ3n) is 4.91. The Bertz CT molecular complexity index is 556. The zero-order valence-electron chi connectivity index (χ0n) is 16.4. The third-order valence-corrected chi connectivity index (χ3v) is 4.91. The average molecular weight is 365 g/mol. The summed E-state index contributed by atoms with van der Waals surface area (Å²) in [5.41, 5.74) is -0.527. The van der Waals surface area contributed by atoms with Crippen molar-refractivity contribution in [1.82, 2.24) is 14.7 Å². The predicted molar refractivity (Wildman–Crippen MR) is 98.5 cm³/mol. The van der Waals surface area contributed by atoms with Gasteiger partial charge in [-0.1, -0.05) is 6.58 Å². The lowest BCUT2D eigenvalue weighted by Gasteiger charge is -2.46. The Morgan fingerprint density at radius 2 is 1.73 bits per heavy atom. The van der Waals surface area contributed by atoms with E-state index in [1.807, 2.05) is 32.6 Å². The zero-order valence-corrected chi connectivity index (χ0v) is 16.4. The molecule has 0 unspecified atom stereocenters. The maximum atomic E-state index is 12.6. The summed E-state index contributed by atoms with van der Waals surface area (Å²) in [5, 5.41) is 0. The number of nitrogens with zero attached hydrogens (tertiary/aromatic N) is 3. The van der Waals surface area contributed by atoms with Gasteiger partial charge in [0, 0.05) is 38.6 Å². The van der Waals surface area contributed by atoms with Crippen LogP contribution in [-0.4, -0.2) is 77.0 Å². The molecule has 0 saturated carbocycles. The monoisotopic (exact) mass is 365 g/mol. The summed E-state index contributed by atoms with van der Waals surface area (Å²) in [4.78, 5) is 41.8. The maximum Gasteiger partial charge on any atom is 0.410 e. The fourth-order valence-corrected chi connectivity index (χ4v) is 3.42. The van der Waals surface area contributed by atoms with Crippen LogP contribution in [0, 0.1) is 5.92 Å². The van der Waals surface area contributed by atoms with Crippen LogP contribution in [0.5, 0.6) is 0 Å². The molecule has 2 heterocycles. The molecule has 26 heavy (non-hydrogen) atoms. The van der Waals surface area contributed by atoms with Gasteiger partial charge in [0.2, 0.25) is 11.8 Å². The topological polar surface area (TPSA) is 70.2 Å². The minimum absolute atomic E-state index is 0.0150. The number of likely N-dealkylation sites (N-methyl/N-ethyl adjacent to an activating group) is 1. The van der Waals surface area contributed by atoms with Crippen molar-refractivity contribution in [2.45, 2.75) is 52.2 Å². The number of rotatable bonds is 4. The molecular weight excluding hydrogens is 334 g/mol. The van der Waals surface area contributed by atoms with Crippen LogP contribution in [0.1, 0.15) is 40.5 Å². The molecule has 7 heteroatoms. The second-order valence-corrected chi connectivity index (χ2v) is 7.97. The van der Waals surface area contributed by atoms with E-state index in [0.717, 1.165) is 0 Å². The van der Waals surface area contributed by atoms with Crippen molar-refractivity contribution in [2.24, 2.45) is 5.92 Å². The molecule has 0 atom stereocenters. The highest BCUT2D eigenvalue weighted by atomic mass is 16.6. The molecule has 0 radical (unpaired) electrons. The van der Waals surface area contributed by atoms with Gasteiger partial charge in [0.15, 0.2) is 0 Å². The molecule has 7 nitrogen and oxygen atoms in total. The first-order chi connectivity index (χ1) is 12.2. The van der Waals surface area contributed by atoms with Crippen molar-refractivity contribution >= 4 is 17.9 Å². The minimum Gasteiger partial charge on any atom is -0.444 e. The first kappa shape index (κ1) is 20.3. The fourth-order valence-electron chi connectivity index (χ4n) is 3.42. The van der Waals surface area contributed by atoms with Gasteiger partial charge in [-0.15, -0.1) is 0 Å². The molecule has 2 saturated heterocycles. The van der Waals surface area contributed by atoms with Crippen molar-refractivity contribution in [2.75, 3.05) is 32.7 Å². The SMILES string of the molecule is C=CC(=O)N1CCC(C(=O)N2CC(N(CC)C(=O)OC(C)(C)C)C2)CC1. The van der Waals surface area contributed by atoms with Gasteiger partial charge in [0.05, 0.1) is 6.04 Å². The number of hydrogen-bond acceptors (Lipinski definition) is 4. The quantitative estimate of drug-likeness (QED) is 0.713. The van der Waals surface area contributed by atoms with Gasteiger partial charge >= 0.3 is 6.09 Å². The molecule has 2 rings (SSSR count). The average Bonchev–Trinajstić information content (AvgIpc) is 2.54. The molecule has 0 aromatic heterocycles. The zero-order chi connectivity index (χ0) is 19.5. The molecule has 3 amide bonds. The maximum absolute atomic E-state index is 12.6. The van der Waals surface area contributed by atoms with Crippen LogP contribution in [0.2, 0.25) is 0 Å². The van der Waals surface area contributed by atoms with Gasteiger partial charge in [-0.05, 0) is 46.6 Å². The van der Waals surface area contributed by atoms with Crippen LogP contribution in [0.25, 0.3) is 0 Å². The van der Waals surface area contributed by atoms with Gasteiger partial charge < -0.3 is 19.4 Å². The van der Waals surface area contributed by atoms with Gasteiger partial charge in [-0.3, -0.25) is 9.59 Å². The van der Waals surface area contributed by atoms with Crippen LogP contribution in [0.15, 0.2) is 12.7 Å². The molecule has 0 aromatic carbocycles. The van der Waals surface area contributed by atoms with Crippen LogP contribution >= 0.6 is 0 Å². The van der Waals surface area contributed by atoms with E-state index in [-0.39, 0.29) is 29.9 Å². The smallest absolute Gasteiger partial charge is 0.410 e. The van der Waals surface area contributed by atoms with E-state index in [9.17, 15) is 14.4 Å². The number of likely N-dealkylation sites (tertiary alicyclic amines) is 2. The highest BCUT2D eigenvalue weighted by Crippen LogP contribution is 2.25. The lowest BCUT2D eigenvalue weighted by molar-refractivity contribution is -0.145. The van der Waals surface area contributed by atoms with Crippen LogP contribution in [0.3, 0.4) is 0 Å². The molecule has 2 aliphatic heterocycles. The second kappa shape index (κ2) is 8.10. The van der Waals surface area contributed by atoms with Crippen LogP contribution in [0.4, 0.5) is 4.79 Å². The fraction of sp³-hybridized carbons (Fsp3) is 0.737. The van der Waals surface area contributed by atoms with E-state index < -0.39 is 5.60 Å². The molecule has 0 aromatic rings. The molecule has 0 spiro atoms. The van der Waals surface area contributed by atoms with Crippen molar-refractivity contribution < 1.29 is 19.1 Å². The van der Waals surface area contributed by atoms with Crippen molar-refractivity contribution in [3.8, 4) is 0 Å². The van der Waals surface area contributed by atoms with Gasteiger partial charge in [-0.25, -0.2) is 4.79 Å². The Labute approximate surface area is 155 Å². The molecule has 0 N–H and O–H groups in total. The molecule has 0 aliphatic carbocycles. The highest BCUT2D eigenvalue weighted by molar-refractivity contribution is 5.87. The van der Waals surface area contributed by atoms with Crippen molar-refractivity contribution in [3.05, 3.63) is 12.7 Å². The molecular formula is C19H31N3O4. The summed E-state index contributed by atoms with van der Waals surface area (Å²) < 4.78 is 5.44. The molecule has 0 bridgehead atoms. The Morgan fingerprint density at radius 1 is 1.15 bits per heavy atom. The number of carbonyl (C=O) groups excluding carboxylic acids is 3. The van der Waals surface area contributed by atoms with Gasteiger partial charge in [-0.2, -0.15) is 0 Å². The minimum atomic E-state index is -0.527. The summed E-state index contributed by atoms with van der Waals surface area (Å²) in [5.74, 6) is 0.0180. The third kappa shape index (κ3) is 4.77. The summed E-state index contributed by atoms with van der Waals surface area (Å²) in [6.45, 7) is 13.8. The first-order valence-electron chi connectivity index (χ1n) is 9.36. The summed E-state index contributed by atoms with van der Waals surface area (Å²) in [7, 11) is 0. The van der Waals surface area contributed by atoms with Crippen molar-refractivity contribution in [1.29, 1.82) is 0 Å². The Morgan fingerprint density at radius 3 is 2.19 bits per heavy atom. The number of ether oxygens (including phenoxy) is 1. The number of amides is 3. The van der Waals surface area contributed by atoms with Crippen molar-refractivity contribution in [3.63, 3.8) is 0 Å². The largest absolute Gasteiger partial charge is 0.444 e. The van der Waals surface area contributed by atoms with Crippen LogP contribution < -0.4 is 0 Å². The molecule has 2 fully saturated rings.